The lowest BCUT2D eigenvalue weighted by atomic mass is 9.71. The number of ether oxygens (including phenoxy) is 1. The van der Waals surface area contributed by atoms with Gasteiger partial charge in [0.1, 0.15) is 0 Å². The molecule has 2 atom stereocenters. The number of methoxy groups -OCH3 is 1. The van der Waals surface area contributed by atoms with E-state index < -0.39 is 0 Å². The smallest absolute Gasteiger partial charge is 0.230 e. The molecule has 1 fully saturated rings. The number of likely N-dealkylation sites (tertiary alicyclic amines) is 1. The van der Waals surface area contributed by atoms with E-state index in [1.165, 1.54) is 22.3 Å². The van der Waals surface area contributed by atoms with Crippen LogP contribution < -0.4 is 5.32 Å². The van der Waals surface area contributed by atoms with E-state index in [0.29, 0.717) is 5.75 Å². The molecule has 1 spiro atoms. The van der Waals surface area contributed by atoms with Crippen LogP contribution in [-0.2, 0) is 21.5 Å². The van der Waals surface area contributed by atoms with E-state index in [1.54, 1.807) is 18.9 Å². The summed E-state index contributed by atoms with van der Waals surface area (Å²) in [5.41, 5.74) is 5.32. The Morgan fingerprint density at radius 3 is 2.57 bits per heavy atom. The summed E-state index contributed by atoms with van der Waals surface area (Å²) in [4.78, 5) is 15.0. The highest BCUT2D eigenvalue weighted by molar-refractivity contribution is 7.99. The van der Waals surface area contributed by atoms with Gasteiger partial charge in [-0.1, -0.05) is 48.5 Å². The molecule has 1 aliphatic carbocycles. The number of piperidine rings is 1. The highest BCUT2D eigenvalue weighted by Gasteiger charge is 2.53. The van der Waals surface area contributed by atoms with Crippen LogP contribution in [0.2, 0.25) is 0 Å². The first kappa shape index (κ1) is 21.4. The highest BCUT2D eigenvalue weighted by Crippen LogP contribution is 2.52. The second-order valence-corrected chi connectivity index (χ2v) is 9.45. The van der Waals surface area contributed by atoms with E-state index in [2.05, 4.69) is 65.7 Å². The van der Waals surface area contributed by atoms with Crippen LogP contribution in [-0.4, -0.2) is 49.1 Å². The fourth-order valence-corrected chi connectivity index (χ4v) is 5.76. The van der Waals surface area contributed by atoms with E-state index in [9.17, 15) is 4.79 Å². The van der Waals surface area contributed by atoms with Crippen LogP contribution in [0.5, 0.6) is 0 Å². The van der Waals surface area contributed by atoms with Crippen molar-refractivity contribution in [2.45, 2.75) is 43.9 Å². The summed E-state index contributed by atoms with van der Waals surface area (Å²) in [6.45, 7) is 5.26. The fraction of sp³-hybridized carbons (Fsp3) is 0.480. The van der Waals surface area contributed by atoms with E-state index in [-0.39, 0.29) is 23.5 Å². The van der Waals surface area contributed by atoms with Crippen LogP contribution in [0.15, 0.2) is 48.5 Å². The minimum atomic E-state index is -0.0752. The molecule has 1 aliphatic heterocycles. The zero-order valence-electron chi connectivity index (χ0n) is 18.2. The summed E-state index contributed by atoms with van der Waals surface area (Å²) in [5.74, 6) is 0.560. The van der Waals surface area contributed by atoms with Crippen LogP contribution in [0, 0.1) is 6.92 Å². The molecule has 30 heavy (non-hydrogen) atoms. The predicted octanol–water partition coefficient (Wildman–Crippen LogP) is 4.08. The first-order valence-corrected chi connectivity index (χ1v) is 12.2. The molecule has 160 valence electrons. The molecule has 1 saturated heterocycles. The van der Waals surface area contributed by atoms with Gasteiger partial charge in [-0.2, -0.15) is 11.8 Å². The van der Waals surface area contributed by atoms with Gasteiger partial charge in [0.25, 0.3) is 0 Å². The molecule has 2 aliphatic rings. The summed E-state index contributed by atoms with van der Waals surface area (Å²) in [5, 5.41) is 3.27. The van der Waals surface area contributed by atoms with Crippen LogP contribution in [0.3, 0.4) is 0 Å². The van der Waals surface area contributed by atoms with Crippen LogP contribution in [0.1, 0.15) is 41.1 Å². The summed E-state index contributed by atoms with van der Waals surface area (Å²) >= 11 is 1.55. The maximum atomic E-state index is 12.4. The summed E-state index contributed by atoms with van der Waals surface area (Å²) in [7, 11) is 1.80. The standard InChI is InChI=1S/C25H32N2O2S/c1-18-8-4-5-9-19(18)16-27-14-12-25(13-15-27)21-11-7-6-10-20(21)23(24(25)29-2)26-22(28)17-30-3/h4-11,23-24H,12-17H2,1-3H3,(H,26,28)/t23-,24+/m1/s1. The zero-order valence-corrected chi connectivity index (χ0v) is 19.0. The first-order chi connectivity index (χ1) is 14.6. The number of hydrogen-bond donors (Lipinski definition) is 1. The van der Waals surface area contributed by atoms with Gasteiger partial charge in [0.05, 0.1) is 17.9 Å². The minimum Gasteiger partial charge on any atom is -0.378 e. The Morgan fingerprint density at radius 2 is 1.87 bits per heavy atom. The number of hydrogen-bond acceptors (Lipinski definition) is 4. The SMILES string of the molecule is CO[C@H]1[C@H](NC(=O)CSC)c2ccccc2C12CCN(Cc1ccccc1C)CC2. The molecule has 1 N–H and O–H groups in total. The van der Waals surface area contributed by atoms with Crippen molar-refractivity contribution in [3.8, 4) is 0 Å². The van der Waals surface area contributed by atoms with E-state index in [0.717, 1.165) is 32.5 Å². The third-order valence-electron chi connectivity index (χ3n) is 6.93. The normalized spacial score (nSPS) is 22.8. The van der Waals surface area contributed by atoms with E-state index >= 15 is 0 Å². The monoisotopic (exact) mass is 424 g/mol. The molecule has 4 rings (SSSR count). The Labute approximate surface area is 184 Å². The van der Waals surface area contributed by atoms with Crippen LogP contribution in [0.25, 0.3) is 0 Å². The van der Waals surface area contributed by atoms with Crippen LogP contribution in [0.4, 0.5) is 0 Å². The van der Waals surface area contributed by atoms with Gasteiger partial charge in [-0.3, -0.25) is 9.69 Å². The van der Waals surface area contributed by atoms with Gasteiger partial charge in [0.15, 0.2) is 0 Å². The number of carbonyl (C=O) groups excluding carboxylic acids is 1. The molecule has 0 radical (unpaired) electrons. The Morgan fingerprint density at radius 1 is 1.17 bits per heavy atom. The number of nitrogens with zero attached hydrogens (tertiary/aromatic N) is 1. The van der Waals surface area contributed by atoms with Crippen molar-refractivity contribution < 1.29 is 9.53 Å². The highest BCUT2D eigenvalue weighted by atomic mass is 32.2. The van der Waals surface area contributed by atoms with Gasteiger partial charge >= 0.3 is 0 Å². The first-order valence-electron chi connectivity index (χ1n) is 10.8. The van der Waals surface area contributed by atoms with Crippen molar-refractivity contribution >= 4 is 17.7 Å². The number of carbonyl (C=O) groups is 1. The third kappa shape index (κ3) is 3.91. The molecule has 1 amide bonds. The number of aryl methyl sites for hydroxylation is 1. The molecule has 0 aromatic heterocycles. The fourth-order valence-electron chi connectivity index (χ4n) is 5.41. The van der Waals surface area contributed by atoms with Gasteiger partial charge in [-0.25, -0.2) is 0 Å². The number of nitrogens with one attached hydrogen (secondary N) is 1. The minimum absolute atomic E-state index is 0.0266. The topological polar surface area (TPSA) is 41.6 Å². The molecule has 0 unspecified atom stereocenters. The Balaban J connectivity index is 1.56. The zero-order chi connectivity index (χ0) is 21.1. The Bertz CT molecular complexity index is 892. The van der Waals surface area contributed by atoms with Crippen molar-refractivity contribution in [2.75, 3.05) is 32.2 Å². The lowest BCUT2D eigenvalue weighted by Crippen LogP contribution is -2.50. The van der Waals surface area contributed by atoms with Crippen molar-refractivity contribution in [2.24, 2.45) is 0 Å². The van der Waals surface area contributed by atoms with Crippen molar-refractivity contribution in [3.05, 3.63) is 70.8 Å². The lowest BCUT2D eigenvalue weighted by Gasteiger charge is -2.44. The van der Waals surface area contributed by atoms with Crippen molar-refractivity contribution in [1.29, 1.82) is 0 Å². The van der Waals surface area contributed by atoms with Gasteiger partial charge in [-0.05, 0) is 61.4 Å². The van der Waals surface area contributed by atoms with Gasteiger partial charge in [0.2, 0.25) is 5.91 Å². The Kier molecular flexibility index (Phi) is 6.51. The number of rotatable bonds is 6. The van der Waals surface area contributed by atoms with E-state index in [1.807, 2.05) is 6.26 Å². The Hall–Kier alpha value is -1.82. The number of thioether (sulfide) groups is 1. The van der Waals surface area contributed by atoms with Gasteiger partial charge in [0, 0.05) is 19.1 Å². The molecule has 0 bridgehead atoms. The average molecular weight is 425 g/mol. The number of benzene rings is 2. The molecule has 2 aromatic rings. The van der Waals surface area contributed by atoms with Crippen molar-refractivity contribution in [1.82, 2.24) is 10.2 Å². The maximum absolute atomic E-state index is 12.4. The van der Waals surface area contributed by atoms with Gasteiger partial charge < -0.3 is 10.1 Å². The predicted molar refractivity (Wildman–Crippen MR) is 124 cm³/mol. The number of fused-ring (bicyclic) bond motifs is 2. The van der Waals surface area contributed by atoms with Gasteiger partial charge in [-0.15, -0.1) is 0 Å². The van der Waals surface area contributed by atoms with E-state index in [4.69, 9.17) is 4.74 Å². The second kappa shape index (κ2) is 9.13. The maximum Gasteiger partial charge on any atom is 0.230 e. The molecule has 0 saturated carbocycles. The summed E-state index contributed by atoms with van der Waals surface area (Å²) < 4.78 is 6.11. The molecule has 4 nitrogen and oxygen atoms in total. The molecular weight excluding hydrogens is 392 g/mol. The second-order valence-electron chi connectivity index (χ2n) is 8.58. The molecule has 5 heteroatoms. The molecule has 1 heterocycles. The molecule has 2 aromatic carbocycles. The number of amides is 1. The summed E-state index contributed by atoms with van der Waals surface area (Å²) in [6.07, 6.45) is 4.02. The quantitative estimate of drug-likeness (QED) is 0.759. The lowest BCUT2D eigenvalue weighted by molar-refractivity contribution is -0.121. The average Bonchev–Trinajstić information content (AvgIpc) is 3.00. The largest absolute Gasteiger partial charge is 0.378 e. The van der Waals surface area contributed by atoms with Crippen LogP contribution >= 0.6 is 11.8 Å². The summed E-state index contributed by atoms with van der Waals surface area (Å²) in [6, 6.07) is 17.2. The molecular formula is C25H32N2O2S. The third-order valence-corrected chi connectivity index (χ3v) is 7.48. The van der Waals surface area contributed by atoms with Crippen molar-refractivity contribution in [3.63, 3.8) is 0 Å².